The molecule has 0 bridgehead atoms. The summed E-state index contributed by atoms with van der Waals surface area (Å²) in [6, 6.07) is 2.19. The van der Waals surface area contributed by atoms with Gasteiger partial charge in [-0.2, -0.15) is 13.2 Å². The lowest BCUT2D eigenvalue weighted by molar-refractivity contribution is -0.139. The van der Waals surface area contributed by atoms with Gasteiger partial charge in [0.05, 0.1) is 5.41 Å². The molecule has 2 N–H and O–H groups in total. The summed E-state index contributed by atoms with van der Waals surface area (Å²) in [6.07, 6.45) is -1.14. The molecule has 0 radical (unpaired) electrons. The third-order valence-corrected chi connectivity index (χ3v) is 5.02. The predicted molar refractivity (Wildman–Crippen MR) is 85.0 cm³/mol. The zero-order chi connectivity index (χ0) is 18.3. The molecule has 1 saturated carbocycles. The van der Waals surface area contributed by atoms with Gasteiger partial charge in [-0.25, -0.2) is 4.98 Å². The Balaban J connectivity index is 1.63. The maximum atomic E-state index is 13.0. The molecule has 0 aromatic carbocycles. The van der Waals surface area contributed by atoms with Gasteiger partial charge in [0.25, 0.3) is 0 Å². The molecule has 1 saturated heterocycles. The van der Waals surface area contributed by atoms with Crippen molar-refractivity contribution in [3.63, 3.8) is 0 Å². The summed E-state index contributed by atoms with van der Waals surface area (Å²) in [7, 11) is 0. The molecule has 138 valence electrons. The van der Waals surface area contributed by atoms with E-state index in [1.807, 2.05) is 0 Å². The van der Waals surface area contributed by atoms with Gasteiger partial charge in [-0.3, -0.25) is 4.79 Å². The highest BCUT2D eigenvalue weighted by molar-refractivity contribution is 5.82. The highest BCUT2D eigenvalue weighted by Gasteiger charge is 2.53. The van der Waals surface area contributed by atoms with Crippen LogP contribution in [0.2, 0.25) is 0 Å². The fourth-order valence-electron chi connectivity index (χ4n) is 3.08. The van der Waals surface area contributed by atoms with E-state index in [1.54, 1.807) is 13.8 Å². The lowest BCUT2D eigenvalue weighted by Crippen LogP contribution is -2.48. The molecule has 1 aliphatic heterocycles. The number of hydrogen-bond donors (Lipinski definition) is 2. The maximum Gasteiger partial charge on any atom is 0.421 e. The van der Waals surface area contributed by atoms with Crippen molar-refractivity contribution >= 4 is 5.91 Å². The van der Waals surface area contributed by atoms with Crippen LogP contribution in [0, 0.1) is 10.8 Å². The van der Waals surface area contributed by atoms with E-state index in [-0.39, 0.29) is 24.0 Å². The molecule has 1 amide bonds. The van der Waals surface area contributed by atoms with Gasteiger partial charge in [-0.15, -0.1) is 0 Å². The Hall–Kier alpha value is -1.83. The summed E-state index contributed by atoms with van der Waals surface area (Å²) in [5.41, 5.74) is -1.75. The van der Waals surface area contributed by atoms with Crippen molar-refractivity contribution in [1.29, 1.82) is 0 Å². The van der Waals surface area contributed by atoms with Gasteiger partial charge in [0.1, 0.15) is 12.2 Å². The highest BCUT2D eigenvalue weighted by Crippen LogP contribution is 2.50. The first-order valence-electron chi connectivity index (χ1n) is 8.31. The van der Waals surface area contributed by atoms with Crippen molar-refractivity contribution < 1.29 is 22.7 Å². The zero-order valence-corrected chi connectivity index (χ0v) is 14.2. The molecule has 0 unspecified atom stereocenters. The Kier molecular flexibility index (Phi) is 4.43. The standard InChI is InChI=1S/C17H22F3N3O2/c1-15(2,14(24)23-12-8-21-9-16(12)5-6-16)10-25-13-11(17(18,19)20)4-3-7-22-13/h3-4,7,12,21H,5-6,8-10H2,1-2H3,(H,23,24)/t12-/m1/s1. The first kappa shape index (κ1) is 18.0. The number of pyridine rings is 1. The molecule has 8 heteroatoms. The second-order valence-electron chi connectivity index (χ2n) is 7.55. The molecule has 3 rings (SSSR count). The number of nitrogens with one attached hydrogen (secondary N) is 2. The molecule has 1 atom stereocenters. The average molecular weight is 357 g/mol. The Morgan fingerprint density at radius 2 is 2.16 bits per heavy atom. The molecule has 2 fully saturated rings. The fraction of sp³-hybridized carbons (Fsp3) is 0.647. The van der Waals surface area contributed by atoms with Crippen LogP contribution in [0.25, 0.3) is 0 Å². The summed E-state index contributed by atoms with van der Waals surface area (Å²) in [6.45, 7) is 4.74. The van der Waals surface area contributed by atoms with E-state index in [0.717, 1.165) is 32.0 Å². The minimum Gasteiger partial charge on any atom is -0.476 e. The van der Waals surface area contributed by atoms with Gasteiger partial charge >= 0.3 is 6.18 Å². The van der Waals surface area contributed by atoms with Crippen LogP contribution >= 0.6 is 0 Å². The minimum atomic E-state index is -4.55. The van der Waals surface area contributed by atoms with Crippen molar-refractivity contribution in [2.24, 2.45) is 10.8 Å². The SMILES string of the molecule is CC(C)(COc1ncccc1C(F)(F)F)C(=O)N[C@@H]1CNCC12CC2. The summed E-state index contributed by atoms with van der Waals surface area (Å²) in [5, 5.41) is 6.31. The van der Waals surface area contributed by atoms with Gasteiger partial charge in [0.15, 0.2) is 0 Å². The molecule has 1 aliphatic carbocycles. The molecular weight excluding hydrogens is 335 g/mol. The number of ether oxygens (including phenoxy) is 1. The number of carbonyl (C=O) groups is 1. The zero-order valence-electron chi connectivity index (χ0n) is 14.2. The van der Waals surface area contributed by atoms with E-state index in [9.17, 15) is 18.0 Å². The third-order valence-electron chi connectivity index (χ3n) is 5.02. The van der Waals surface area contributed by atoms with E-state index in [1.165, 1.54) is 12.3 Å². The van der Waals surface area contributed by atoms with Crippen molar-refractivity contribution in [2.45, 2.75) is 38.9 Å². The molecule has 5 nitrogen and oxygen atoms in total. The van der Waals surface area contributed by atoms with Crippen molar-refractivity contribution in [3.05, 3.63) is 23.9 Å². The number of nitrogens with zero attached hydrogens (tertiary/aromatic N) is 1. The second kappa shape index (κ2) is 6.16. The van der Waals surface area contributed by atoms with Crippen LogP contribution in [0.3, 0.4) is 0 Å². The van der Waals surface area contributed by atoms with Crippen LogP contribution in [0.5, 0.6) is 5.88 Å². The second-order valence-corrected chi connectivity index (χ2v) is 7.55. The first-order valence-corrected chi connectivity index (χ1v) is 8.31. The largest absolute Gasteiger partial charge is 0.476 e. The van der Waals surface area contributed by atoms with Crippen LogP contribution < -0.4 is 15.4 Å². The first-order chi connectivity index (χ1) is 11.6. The number of rotatable bonds is 5. The normalized spacial score (nSPS) is 22.0. The van der Waals surface area contributed by atoms with Crippen molar-refractivity contribution in [1.82, 2.24) is 15.6 Å². The van der Waals surface area contributed by atoms with E-state index in [2.05, 4.69) is 15.6 Å². The Morgan fingerprint density at radius 1 is 1.44 bits per heavy atom. The molecule has 1 aromatic rings. The summed E-state index contributed by atoms with van der Waals surface area (Å²) in [5.74, 6) is -0.728. The minimum absolute atomic E-state index is 0.0693. The quantitative estimate of drug-likeness (QED) is 0.849. The summed E-state index contributed by atoms with van der Waals surface area (Å²) in [4.78, 5) is 16.2. The Bertz CT molecular complexity index is 657. The highest BCUT2D eigenvalue weighted by atomic mass is 19.4. The number of carbonyl (C=O) groups excluding carboxylic acids is 1. The molecular formula is C17H22F3N3O2. The maximum absolute atomic E-state index is 13.0. The van der Waals surface area contributed by atoms with E-state index < -0.39 is 23.0 Å². The van der Waals surface area contributed by atoms with Crippen LogP contribution in [-0.2, 0) is 11.0 Å². The lowest BCUT2D eigenvalue weighted by Gasteiger charge is -2.28. The number of hydrogen-bond acceptors (Lipinski definition) is 4. The van der Waals surface area contributed by atoms with E-state index in [0.29, 0.717) is 0 Å². The monoisotopic (exact) mass is 357 g/mol. The molecule has 2 heterocycles. The third kappa shape index (κ3) is 3.73. The number of halogens is 3. The molecule has 1 aromatic heterocycles. The van der Waals surface area contributed by atoms with Crippen molar-refractivity contribution in [3.8, 4) is 5.88 Å². The average Bonchev–Trinajstić information content (AvgIpc) is 3.21. The predicted octanol–water partition coefficient (Wildman–Crippen LogP) is 2.37. The van der Waals surface area contributed by atoms with Gasteiger partial charge in [-0.05, 0) is 38.8 Å². The van der Waals surface area contributed by atoms with Gasteiger partial charge in [-0.1, -0.05) is 0 Å². The van der Waals surface area contributed by atoms with Gasteiger partial charge in [0, 0.05) is 30.7 Å². The van der Waals surface area contributed by atoms with Crippen molar-refractivity contribution in [2.75, 3.05) is 19.7 Å². The smallest absolute Gasteiger partial charge is 0.421 e. The van der Waals surface area contributed by atoms with Crippen LogP contribution in [0.4, 0.5) is 13.2 Å². The topological polar surface area (TPSA) is 63.2 Å². The van der Waals surface area contributed by atoms with E-state index in [4.69, 9.17) is 4.74 Å². The van der Waals surface area contributed by atoms with Gasteiger partial charge in [0.2, 0.25) is 11.8 Å². The Labute approximate surface area is 144 Å². The van der Waals surface area contributed by atoms with Crippen LogP contribution in [0.1, 0.15) is 32.3 Å². The van der Waals surface area contributed by atoms with E-state index >= 15 is 0 Å². The van der Waals surface area contributed by atoms with Crippen LogP contribution in [-0.4, -0.2) is 36.6 Å². The number of alkyl halides is 3. The lowest BCUT2D eigenvalue weighted by atomic mass is 9.91. The molecule has 2 aliphatic rings. The number of amides is 1. The van der Waals surface area contributed by atoms with Gasteiger partial charge < -0.3 is 15.4 Å². The number of aromatic nitrogens is 1. The summed E-state index contributed by atoms with van der Waals surface area (Å²) >= 11 is 0. The molecule has 25 heavy (non-hydrogen) atoms. The fourth-order valence-corrected chi connectivity index (χ4v) is 3.08. The molecule has 1 spiro atoms. The Morgan fingerprint density at radius 3 is 2.80 bits per heavy atom. The summed E-state index contributed by atoms with van der Waals surface area (Å²) < 4.78 is 44.2. The van der Waals surface area contributed by atoms with Crippen LogP contribution in [0.15, 0.2) is 18.3 Å².